The van der Waals surface area contributed by atoms with Crippen LogP contribution >= 0.6 is 0 Å². The van der Waals surface area contributed by atoms with Gasteiger partial charge in [0.25, 0.3) is 0 Å². The van der Waals surface area contributed by atoms with Gasteiger partial charge in [0, 0.05) is 0 Å². The minimum atomic E-state index is 0.961. The minimum absolute atomic E-state index is 0.961. The van der Waals surface area contributed by atoms with E-state index in [2.05, 4.69) is 128 Å². The molecule has 4 aromatic rings. The summed E-state index contributed by atoms with van der Waals surface area (Å²) in [4.78, 5) is 0. The maximum atomic E-state index is 6.89. The van der Waals surface area contributed by atoms with Crippen molar-refractivity contribution >= 4 is 24.3 Å². The van der Waals surface area contributed by atoms with Crippen LogP contribution in [-0.4, -0.2) is 0 Å². The van der Waals surface area contributed by atoms with Gasteiger partial charge in [-0.25, -0.2) is 0 Å². The molecule has 0 aliphatic heterocycles. The summed E-state index contributed by atoms with van der Waals surface area (Å²) in [5.74, 6) is 1.92. The van der Waals surface area contributed by atoms with Gasteiger partial charge < -0.3 is 4.74 Å². The van der Waals surface area contributed by atoms with E-state index in [1.54, 1.807) is 0 Å². The fraction of sp³-hybridized carbons (Fsp3) is 0.222. The number of rotatable bonds is 6. The average Bonchev–Trinajstić information content (AvgIpc) is 2.91. The zero-order chi connectivity index (χ0) is 26.7. The second kappa shape index (κ2) is 11.0. The third-order valence-corrected chi connectivity index (χ3v) is 7.92. The first-order valence-corrected chi connectivity index (χ1v) is 13.1. The van der Waals surface area contributed by atoms with Crippen LogP contribution in [0.25, 0.3) is 24.3 Å². The van der Waals surface area contributed by atoms with Crippen LogP contribution in [0.15, 0.2) is 60.7 Å². The lowest BCUT2D eigenvalue weighted by atomic mass is 9.91. The molecule has 1 heteroatoms. The first-order valence-electron chi connectivity index (χ1n) is 13.1. The maximum Gasteiger partial charge on any atom is 0.134 e. The molecule has 0 fully saturated rings. The van der Waals surface area contributed by atoms with Crippen LogP contribution in [0.1, 0.15) is 66.8 Å². The van der Waals surface area contributed by atoms with Crippen molar-refractivity contribution in [3.8, 4) is 11.5 Å². The van der Waals surface area contributed by atoms with Crippen molar-refractivity contribution in [2.75, 3.05) is 0 Å². The molecule has 0 saturated heterocycles. The highest BCUT2D eigenvalue weighted by molar-refractivity contribution is 5.78. The molecule has 0 aromatic heterocycles. The molecule has 188 valence electrons. The van der Waals surface area contributed by atoms with Crippen LogP contribution in [0.5, 0.6) is 11.5 Å². The normalized spacial score (nSPS) is 11.6. The Hall–Kier alpha value is -3.84. The lowest BCUT2D eigenvalue weighted by Crippen LogP contribution is -2.04. The zero-order valence-electron chi connectivity index (χ0n) is 23.5. The van der Waals surface area contributed by atoms with E-state index in [0.29, 0.717) is 0 Å². The molecule has 37 heavy (non-hydrogen) atoms. The van der Waals surface area contributed by atoms with Gasteiger partial charge in [-0.05, 0) is 122 Å². The Balaban J connectivity index is 1.82. The van der Waals surface area contributed by atoms with Gasteiger partial charge in [-0.15, -0.1) is 0 Å². The number of hydrogen-bond acceptors (Lipinski definition) is 1. The van der Waals surface area contributed by atoms with Crippen molar-refractivity contribution < 1.29 is 4.74 Å². The summed E-state index contributed by atoms with van der Waals surface area (Å²) in [5, 5.41) is 0. The molecule has 0 unspecified atom stereocenters. The van der Waals surface area contributed by atoms with E-state index >= 15 is 0 Å². The van der Waals surface area contributed by atoms with E-state index < -0.39 is 0 Å². The van der Waals surface area contributed by atoms with Gasteiger partial charge in [0.1, 0.15) is 11.5 Å². The topological polar surface area (TPSA) is 9.23 Å². The molecule has 0 N–H and O–H groups in total. The van der Waals surface area contributed by atoms with Crippen molar-refractivity contribution in [3.05, 3.63) is 127 Å². The molecule has 0 bridgehead atoms. The Morgan fingerprint density at radius 3 is 1.08 bits per heavy atom. The van der Waals surface area contributed by atoms with Crippen LogP contribution in [0, 0.1) is 55.4 Å². The fourth-order valence-corrected chi connectivity index (χ4v) is 5.07. The Bertz CT molecular complexity index is 1370. The highest BCUT2D eigenvalue weighted by Gasteiger charge is 2.20. The second-order valence-electron chi connectivity index (χ2n) is 10.1. The molecule has 4 rings (SSSR count). The smallest absolute Gasteiger partial charge is 0.134 e. The highest BCUT2D eigenvalue weighted by Crippen LogP contribution is 2.41. The summed E-state index contributed by atoms with van der Waals surface area (Å²) < 4.78 is 6.89. The average molecular weight is 487 g/mol. The van der Waals surface area contributed by atoms with E-state index in [4.69, 9.17) is 4.74 Å². The molecule has 0 amide bonds. The molecule has 4 aromatic carbocycles. The third-order valence-electron chi connectivity index (χ3n) is 7.92. The summed E-state index contributed by atoms with van der Waals surface area (Å²) >= 11 is 0. The largest absolute Gasteiger partial charge is 0.456 e. The molecule has 0 aliphatic carbocycles. The molecule has 0 aliphatic rings. The maximum absolute atomic E-state index is 6.89. The number of benzene rings is 4. The predicted molar refractivity (Wildman–Crippen MR) is 162 cm³/mol. The molecular formula is C36H38O. The minimum Gasteiger partial charge on any atom is -0.456 e. The Labute approximate surface area is 223 Å². The summed E-state index contributed by atoms with van der Waals surface area (Å²) in [6.07, 6.45) is 8.83. The van der Waals surface area contributed by atoms with Crippen molar-refractivity contribution in [1.29, 1.82) is 0 Å². The Morgan fingerprint density at radius 1 is 0.378 bits per heavy atom. The molecule has 0 atom stereocenters. The zero-order valence-corrected chi connectivity index (χ0v) is 23.5. The van der Waals surface area contributed by atoms with E-state index in [1.807, 2.05) is 12.1 Å². The van der Waals surface area contributed by atoms with Gasteiger partial charge >= 0.3 is 0 Å². The van der Waals surface area contributed by atoms with Crippen LogP contribution in [-0.2, 0) is 0 Å². The van der Waals surface area contributed by atoms with Gasteiger partial charge in [-0.2, -0.15) is 0 Å². The van der Waals surface area contributed by atoms with E-state index in [1.165, 1.54) is 66.8 Å². The summed E-state index contributed by atoms with van der Waals surface area (Å²) in [7, 11) is 0. The van der Waals surface area contributed by atoms with Gasteiger partial charge in [0.15, 0.2) is 0 Å². The molecule has 0 saturated carbocycles. The van der Waals surface area contributed by atoms with Crippen LogP contribution in [0.2, 0.25) is 0 Å². The first kappa shape index (κ1) is 26.2. The van der Waals surface area contributed by atoms with Gasteiger partial charge in [0.2, 0.25) is 0 Å². The molecule has 1 nitrogen and oxygen atoms in total. The van der Waals surface area contributed by atoms with Crippen LogP contribution in [0.4, 0.5) is 0 Å². The molecular weight excluding hydrogens is 448 g/mol. The van der Waals surface area contributed by atoms with E-state index in [-0.39, 0.29) is 0 Å². The van der Waals surface area contributed by atoms with Crippen molar-refractivity contribution in [1.82, 2.24) is 0 Å². The quantitative estimate of drug-likeness (QED) is 0.246. The summed E-state index contributed by atoms with van der Waals surface area (Å²) in [6, 6.07) is 20.9. The first-order chi connectivity index (χ1) is 17.7. The molecule has 0 spiro atoms. The summed E-state index contributed by atoms with van der Waals surface area (Å²) in [5.41, 5.74) is 14.7. The van der Waals surface area contributed by atoms with Crippen molar-refractivity contribution in [2.45, 2.75) is 55.4 Å². The van der Waals surface area contributed by atoms with Gasteiger partial charge in [0.05, 0.1) is 0 Å². The van der Waals surface area contributed by atoms with Crippen molar-refractivity contribution in [2.24, 2.45) is 0 Å². The Morgan fingerprint density at radius 2 is 0.730 bits per heavy atom. The lowest BCUT2D eigenvalue weighted by Gasteiger charge is -2.23. The Kier molecular flexibility index (Phi) is 7.83. The second-order valence-corrected chi connectivity index (χ2v) is 10.1. The van der Waals surface area contributed by atoms with E-state index in [0.717, 1.165) is 11.5 Å². The summed E-state index contributed by atoms with van der Waals surface area (Å²) in [6.45, 7) is 17.5. The number of ether oxygens (including phenoxy) is 1. The monoisotopic (exact) mass is 486 g/mol. The van der Waals surface area contributed by atoms with E-state index in [9.17, 15) is 0 Å². The number of hydrogen-bond donors (Lipinski definition) is 0. The lowest BCUT2D eigenvalue weighted by molar-refractivity contribution is 0.466. The van der Waals surface area contributed by atoms with Crippen molar-refractivity contribution in [3.63, 3.8) is 0 Å². The standard InChI is InChI=1S/C36H38O/c1-23-25(3)33(21-19-31-15-11-9-12-16-31)29(7)35(27(23)5)37-36-28(6)24(2)26(4)34(30(36)8)22-20-32-17-13-10-14-18-32/h9-22H,1-8H3/b21-19+,22-20+. The third kappa shape index (κ3) is 5.32. The van der Waals surface area contributed by atoms with Crippen LogP contribution < -0.4 is 4.74 Å². The SMILES string of the molecule is Cc1c(C)c(/C=C/c2ccccc2)c(C)c(Oc2c(C)c(C)c(C)c(/C=C/c3ccccc3)c2C)c1C. The molecule has 0 radical (unpaired) electrons. The highest BCUT2D eigenvalue weighted by atomic mass is 16.5. The predicted octanol–water partition coefficient (Wildman–Crippen LogP) is 10.3. The fourth-order valence-electron chi connectivity index (χ4n) is 5.07. The van der Waals surface area contributed by atoms with Gasteiger partial charge in [-0.3, -0.25) is 0 Å². The van der Waals surface area contributed by atoms with Gasteiger partial charge in [-0.1, -0.05) is 85.0 Å². The van der Waals surface area contributed by atoms with Crippen LogP contribution in [0.3, 0.4) is 0 Å². The molecule has 0 heterocycles.